The van der Waals surface area contributed by atoms with Gasteiger partial charge in [-0.05, 0) is 19.3 Å². The van der Waals surface area contributed by atoms with E-state index in [-0.39, 0.29) is 0 Å². The fourth-order valence-electron chi connectivity index (χ4n) is 0.947. The van der Waals surface area contributed by atoms with Crippen molar-refractivity contribution in [3.8, 4) is 0 Å². The van der Waals surface area contributed by atoms with Crippen molar-refractivity contribution in [2.75, 3.05) is 0 Å². The first kappa shape index (κ1) is 10.2. The fourth-order valence-corrected chi connectivity index (χ4v) is 0.947. The molecule has 0 saturated heterocycles. The van der Waals surface area contributed by atoms with Crippen molar-refractivity contribution in [1.29, 1.82) is 0 Å². The number of allylic oxidation sites excluding steroid dienone is 1. The molecule has 0 aliphatic rings. The van der Waals surface area contributed by atoms with Gasteiger partial charge in [0.25, 0.3) is 0 Å². The topological polar surface area (TPSA) is 37.3 Å². The van der Waals surface area contributed by atoms with Gasteiger partial charge in [-0.2, -0.15) is 0 Å². The average Bonchev–Trinajstić information content (AvgIpc) is 1.88. The van der Waals surface area contributed by atoms with Crippen molar-refractivity contribution >= 4 is 5.97 Å². The van der Waals surface area contributed by atoms with Crippen LogP contribution in [0.15, 0.2) is 11.1 Å². The number of carboxylic acid groups (broad SMARTS) is 1. The fraction of sp³-hybridized carbons (Fsp3) is 0.667. The summed E-state index contributed by atoms with van der Waals surface area (Å²) in [4.78, 5) is 10.6. The summed E-state index contributed by atoms with van der Waals surface area (Å²) in [7, 11) is 0. The molecule has 0 amide bonds. The normalized spacial score (nSPS) is 13.2. The van der Waals surface area contributed by atoms with Crippen LogP contribution in [0.2, 0.25) is 0 Å². The van der Waals surface area contributed by atoms with Gasteiger partial charge in [0.15, 0.2) is 0 Å². The highest BCUT2D eigenvalue weighted by Crippen LogP contribution is 2.16. The minimum atomic E-state index is -0.779. The van der Waals surface area contributed by atoms with Gasteiger partial charge in [0.2, 0.25) is 0 Å². The van der Waals surface area contributed by atoms with Crippen LogP contribution in [0.4, 0.5) is 0 Å². The SMILES string of the molecule is CC/C(C(=O)O)=C(\C)C(C)C. The van der Waals surface area contributed by atoms with E-state index in [0.29, 0.717) is 17.9 Å². The molecule has 0 rings (SSSR count). The third-order valence-electron chi connectivity index (χ3n) is 1.95. The molecule has 0 heterocycles. The van der Waals surface area contributed by atoms with E-state index < -0.39 is 5.97 Å². The van der Waals surface area contributed by atoms with E-state index in [4.69, 9.17) is 5.11 Å². The lowest BCUT2D eigenvalue weighted by molar-refractivity contribution is -0.132. The lowest BCUT2D eigenvalue weighted by Crippen LogP contribution is -2.05. The van der Waals surface area contributed by atoms with Crippen LogP contribution < -0.4 is 0 Å². The largest absolute Gasteiger partial charge is 0.478 e. The number of hydrogen-bond acceptors (Lipinski definition) is 1. The van der Waals surface area contributed by atoms with Gasteiger partial charge in [-0.15, -0.1) is 0 Å². The van der Waals surface area contributed by atoms with Crippen molar-refractivity contribution in [1.82, 2.24) is 0 Å². The Morgan fingerprint density at radius 1 is 1.45 bits per heavy atom. The second-order valence-corrected chi connectivity index (χ2v) is 2.97. The molecule has 2 heteroatoms. The molecule has 0 spiro atoms. The van der Waals surface area contributed by atoms with Gasteiger partial charge >= 0.3 is 5.97 Å². The van der Waals surface area contributed by atoms with Crippen molar-refractivity contribution in [3.63, 3.8) is 0 Å². The predicted octanol–water partition coefficient (Wildman–Crippen LogP) is 2.45. The molecular weight excluding hydrogens is 140 g/mol. The molecule has 0 bridgehead atoms. The number of carboxylic acids is 1. The predicted molar refractivity (Wildman–Crippen MR) is 45.5 cm³/mol. The van der Waals surface area contributed by atoms with Gasteiger partial charge in [-0.25, -0.2) is 4.79 Å². The van der Waals surface area contributed by atoms with Crippen LogP contribution in [0, 0.1) is 5.92 Å². The Morgan fingerprint density at radius 2 is 1.91 bits per heavy atom. The monoisotopic (exact) mass is 156 g/mol. The molecule has 0 aromatic carbocycles. The Morgan fingerprint density at radius 3 is 2.00 bits per heavy atom. The molecule has 0 fully saturated rings. The highest BCUT2D eigenvalue weighted by atomic mass is 16.4. The number of hydrogen-bond donors (Lipinski definition) is 1. The molecule has 0 atom stereocenters. The maximum absolute atomic E-state index is 10.6. The van der Waals surface area contributed by atoms with Gasteiger partial charge in [0.1, 0.15) is 0 Å². The molecule has 0 aliphatic carbocycles. The summed E-state index contributed by atoms with van der Waals surface area (Å²) >= 11 is 0. The van der Waals surface area contributed by atoms with Gasteiger partial charge in [-0.1, -0.05) is 26.3 Å². The maximum Gasteiger partial charge on any atom is 0.331 e. The summed E-state index contributed by atoms with van der Waals surface area (Å²) in [5.41, 5.74) is 1.54. The summed E-state index contributed by atoms with van der Waals surface area (Å²) in [5.74, 6) is -0.445. The lowest BCUT2D eigenvalue weighted by Gasteiger charge is -2.08. The Labute approximate surface area is 67.9 Å². The van der Waals surface area contributed by atoms with E-state index in [1.54, 1.807) is 0 Å². The third kappa shape index (κ3) is 2.74. The first-order chi connectivity index (χ1) is 5.00. The molecule has 0 aromatic rings. The summed E-state index contributed by atoms with van der Waals surface area (Å²) in [6.07, 6.45) is 0.610. The third-order valence-corrected chi connectivity index (χ3v) is 1.95. The van der Waals surface area contributed by atoms with Crippen LogP contribution in [-0.2, 0) is 4.79 Å². The van der Waals surface area contributed by atoms with Crippen molar-refractivity contribution in [2.45, 2.75) is 34.1 Å². The van der Waals surface area contributed by atoms with Gasteiger partial charge < -0.3 is 5.11 Å². The molecule has 1 N–H and O–H groups in total. The smallest absolute Gasteiger partial charge is 0.331 e. The standard InChI is InChI=1S/C9H16O2/c1-5-8(9(10)11)7(4)6(2)3/h6H,5H2,1-4H3,(H,10,11)/b8-7-. The molecule has 0 unspecified atom stereocenters. The zero-order valence-corrected chi connectivity index (χ0v) is 7.64. The Hall–Kier alpha value is -0.790. The number of rotatable bonds is 3. The highest BCUT2D eigenvalue weighted by molar-refractivity contribution is 5.87. The van der Waals surface area contributed by atoms with Crippen molar-refractivity contribution in [2.24, 2.45) is 5.92 Å². The summed E-state index contributed by atoms with van der Waals surface area (Å²) in [5, 5.41) is 8.73. The van der Waals surface area contributed by atoms with Gasteiger partial charge in [0.05, 0.1) is 0 Å². The molecule has 2 nitrogen and oxygen atoms in total. The van der Waals surface area contributed by atoms with Crippen LogP contribution in [0.5, 0.6) is 0 Å². The molecule has 0 aliphatic heterocycles. The minimum absolute atomic E-state index is 0.334. The minimum Gasteiger partial charge on any atom is -0.478 e. The summed E-state index contributed by atoms with van der Waals surface area (Å²) < 4.78 is 0. The highest BCUT2D eigenvalue weighted by Gasteiger charge is 2.10. The van der Waals surface area contributed by atoms with Crippen LogP contribution in [-0.4, -0.2) is 11.1 Å². The molecule has 11 heavy (non-hydrogen) atoms. The Kier molecular flexibility index (Phi) is 3.86. The first-order valence-corrected chi connectivity index (χ1v) is 3.93. The summed E-state index contributed by atoms with van der Waals surface area (Å²) in [6.45, 7) is 7.77. The van der Waals surface area contributed by atoms with E-state index >= 15 is 0 Å². The van der Waals surface area contributed by atoms with Gasteiger partial charge in [-0.3, -0.25) is 0 Å². The molecule has 0 saturated carbocycles. The van der Waals surface area contributed by atoms with E-state index in [9.17, 15) is 4.79 Å². The summed E-state index contributed by atoms with van der Waals surface area (Å²) in [6, 6.07) is 0. The van der Waals surface area contributed by atoms with Crippen LogP contribution in [0.3, 0.4) is 0 Å². The maximum atomic E-state index is 10.6. The quantitative estimate of drug-likeness (QED) is 0.637. The average molecular weight is 156 g/mol. The molecular formula is C9H16O2. The van der Waals surface area contributed by atoms with Crippen LogP contribution in [0.1, 0.15) is 34.1 Å². The van der Waals surface area contributed by atoms with Crippen molar-refractivity contribution < 1.29 is 9.90 Å². The second kappa shape index (κ2) is 4.16. The van der Waals surface area contributed by atoms with Crippen LogP contribution >= 0.6 is 0 Å². The molecule has 0 aromatic heterocycles. The lowest BCUT2D eigenvalue weighted by atomic mass is 9.97. The molecule has 0 radical (unpaired) electrons. The van der Waals surface area contributed by atoms with Gasteiger partial charge in [0, 0.05) is 5.57 Å². The van der Waals surface area contributed by atoms with Crippen molar-refractivity contribution in [3.05, 3.63) is 11.1 Å². The first-order valence-electron chi connectivity index (χ1n) is 3.93. The van der Waals surface area contributed by atoms with E-state index in [1.807, 2.05) is 27.7 Å². The zero-order valence-electron chi connectivity index (χ0n) is 7.64. The van der Waals surface area contributed by atoms with E-state index in [0.717, 1.165) is 5.57 Å². The zero-order chi connectivity index (χ0) is 9.02. The Bertz CT molecular complexity index is 178. The van der Waals surface area contributed by atoms with Crippen LogP contribution in [0.25, 0.3) is 0 Å². The molecule has 64 valence electrons. The number of carbonyl (C=O) groups is 1. The van der Waals surface area contributed by atoms with E-state index in [1.165, 1.54) is 0 Å². The number of aliphatic carboxylic acids is 1. The Balaban J connectivity index is 4.68. The second-order valence-electron chi connectivity index (χ2n) is 2.97. The van der Waals surface area contributed by atoms with E-state index in [2.05, 4.69) is 0 Å².